The maximum atomic E-state index is 11.8. The predicted octanol–water partition coefficient (Wildman–Crippen LogP) is 2.68. The van der Waals surface area contributed by atoms with E-state index in [1.807, 2.05) is 6.07 Å². The van der Waals surface area contributed by atoms with Gasteiger partial charge < -0.3 is 15.4 Å². The Morgan fingerprint density at radius 1 is 1.57 bits per heavy atom. The van der Waals surface area contributed by atoms with Gasteiger partial charge in [-0.1, -0.05) is 6.07 Å². The number of pyridine rings is 1. The summed E-state index contributed by atoms with van der Waals surface area (Å²) in [6, 6.07) is 6.38. The number of methoxy groups -OCH3 is 1. The van der Waals surface area contributed by atoms with E-state index in [0.29, 0.717) is 17.3 Å². The van der Waals surface area contributed by atoms with Crippen molar-refractivity contribution >= 4 is 28.8 Å². The zero-order valence-electron chi connectivity index (χ0n) is 11.8. The number of nitrogen functional groups attached to an aromatic ring is 1. The Bertz CT molecular complexity index is 638. The first kappa shape index (κ1) is 13.9. The van der Waals surface area contributed by atoms with Crippen molar-refractivity contribution in [2.24, 2.45) is 0 Å². The summed E-state index contributed by atoms with van der Waals surface area (Å²) in [5.74, 6) is 0.350. The highest BCUT2D eigenvalue weighted by atomic mass is 32.1. The Hall–Kier alpha value is -2.08. The monoisotopic (exact) mass is 303 g/mol. The number of esters is 1. The van der Waals surface area contributed by atoms with Gasteiger partial charge in [0.25, 0.3) is 0 Å². The molecule has 0 aromatic carbocycles. The first-order chi connectivity index (χ1) is 10.2. The van der Waals surface area contributed by atoms with Crippen molar-refractivity contribution in [3.05, 3.63) is 40.2 Å². The average Bonchev–Trinajstić information content (AvgIpc) is 3.21. The summed E-state index contributed by atoms with van der Waals surface area (Å²) in [6.45, 7) is 0.805. The van der Waals surface area contributed by atoms with E-state index in [1.165, 1.54) is 18.2 Å². The van der Waals surface area contributed by atoms with Crippen LogP contribution in [0.2, 0.25) is 0 Å². The largest absolute Gasteiger partial charge is 0.465 e. The van der Waals surface area contributed by atoms with E-state index in [1.54, 1.807) is 17.4 Å². The van der Waals surface area contributed by atoms with Crippen LogP contribution in [-0.4, -0.2) is 24.1 Å². The molecule has 0 unspecified atom stereocenters. The molecule has 1 fully saturated rings. The summed E-state index contributed by atoms with van der Waals surface area (Å²) in [5, 5.41) is 2.07. The molecule has 3 rings (SSSR count). The zero-order chi connectivity index (χ0) is 14.8. The van der Waals surface area contributed by atoms with Crippen LogP contribution in [-0.2, 0) is 11.3 Å². The number of hydrogen-bond acceptors (Lipinski definition) is 6. The smallest absolute Gasteiger partial charge is 0.340 e. The lowest BCUT2D eigenvalue weighted by molar-refractivity contribution is 0.0602. The third kappa shape index (κ3) is 3.00. The summed E-state index contributed by atoms with van der Waals surface area (Å²) >= 11 is 1.72. The van der Waals surface area contributed by atoms with Gasteiger partial charge in [-0.25, -0.2) is 9.78 Å². The van der Waals surface area contributed by atoms with E-state index in [9.17, 15) is 4.79 Å². The van der Waals surface area contributed by atoms with Crippen molar-refractivity contribution in [1.82, 2.24) is 4.98 Å². The molecule has 1 aliphatic carbocycles. The summed E-state index contributed by atoms with van der Waals surface area (Å²) in [4.78, 5) is 19.7. The molecule has 0 saturated heterocycles. The van der Waals surface area contributed by atoms with Crippen LogP contribution in [0.3, 0.4) is 0 Å². The molecular weight excluding hydrogens is 286 g/mol. The van der Waals surface area contributed by atoms with E-state index >= 15 is 0 Å². The first-order valence-electron chi connectivity index (χ1n) is 6.82. The number of ether oxygens (including phenoxy) is 1. The number of thiophene rings is 1. The van der Waals surface area contributed by atoms with Gasteiger partial charge in [0.1, 0.15) is 5.82 Å². The number of rotatable bonds is 5. The summed E-state index contributed by atoms with van der Waals surface area (Å²) in [5.41, 5.74) is 6.53. The molecule has 0 atom stereocenters. The molecule has 0 aliphatic heterocycles. The molecule has 2 aromatic heterocycles. The van der Waals surface area contributed by atoms with Gasteiger partial charge in [0.05, 0.1) is 31.1 Å². The molecule has 0 amide bonds. The van der Waals surface area contributed by atoms with E-state index < -0.39 is 5.97 Å². The quantitative estimate of drug-likeness (QED) is 0.860. The fourth-order valence-corrected chi connectivity index (χ4v) is 2.96. The minimum absolute atomic E-state index is 0.345. The van der Waals surface area contributed by atoms with E-state index in [0.717, 1.165) is 25.2 Å². The van der Waals surface area contributed by atoms with Crippen molar-refractivity contribution in [1.29, 1.82) is 0 Å². The lowest BCUT2D eigenvalue weighted by Gasteiger charge is -2.23. The number of hydrogen-bond donors (Lipinski definition) is 1. The zero-order valence-corrected chi connectivity index (χ0v) is 12.6. The fourth-order valence-electron chi connectivity index (χ4n) is 2.25. The van der Waals surface area contributed by atoms with Crippen LogP contribution in [0, 0.1) is 0 Å². The van der Waals surface area contributed by atoms with Crippen LogP contribution < -0.4 is 10.6 Å². The van der Waals surface area contributed by atoms with Gasteiger partial charge in [-0.15, -0.1) is 11.3 Å². The lowest BCUT2D eigenvalue weighted by Crippen LogP contribution is -2.26. The Labute approximate surface area is 127 Å². The summed E-state index contributed by atoms with van der Waals surface area (Å²) in [7, 11) is 1.35. The number of nitrogens with two attached hydrogens (primary N) is 1. The molecule has 2 aromatic rings. The minimum atomic E-state index is -0.428. The topological polar surface area (TPSA) is 68.5 Å². The van der Waals surface area contributed by atoms with Crippen LogP contribution in [0.4, 0.5) is 11.5 Å². The van der Waals surface area contributed by atoms with Gasteiger partial charge in [0, 0.05) is 10.9 Å². The molecule has 110 valence electrons. The number of carbonyl (C=O) groups is 1. The van der Waals surface area contributed by atoms with Crippen molar-refractivity contribution in [2.75, 3.05) is 17.7 Å². The molecule has 5 nitrogen and oxygen atoms in total. The van der Waals surface area contributed by atoms with Gasteiger partial charge in [-0.2, -0.15) is 0 Å². The Morgan fingerprint density at radius 3 is 3.00 bits per heavy atom. The first-order valence-corrected chi connectivity index (χ1v) is 7.70. The Kier molecular flexibility index (Phi) is 3.79. The number of aromatic nitrogens is 1. The SMILES string of the molecule is COC(=O)c1cc(N(Cc2cccs2)C2CC2)ncc1N. The van der Waals surface area contributed by atoms with E-state index in [-0.39, 0.29) is 0 Å². The van der Waals surface area contributed by atoms with Crippen LogP contribution in [0.5, 0.6) is 0 Å². The van der Waals surface area contributed by atoms with Gasteiger partial charge in [-0.05, 0) is 30.4 Å². The third-order valence-electron chi connectivity index (χ3n) is 3.51. The second kappa shape index (κ2) is 5.73. The second-order valence-corrected chi connectivity index (χ2v) is 6.09. The molecular formula is C15H17N3O2S. The average molecular weight is 303 g/mol. The van der Waals surface area contributed by atoms with Crippen LogP contribution in [0.15, 0.2) is 29.8 Å². The van der Waals surface area contributed by atoms with Gasteiger partial charge in [0.15, 0.2) is 0 Å². The highest BCUT2D eigenvalue weighted by Crippen LogP contribution is 2.33. The van der Waals surface area contributed by atoms with Crippen molar-refractivity contribution < 1.29 is 9.53 Å². The number of nitrogens with zero attached hydrogens (tertiary/aromatic N) is 2. The van der Waals surface area contributed by atoms with Gasteiger partial charge in [-0.3, -0.25) is 0 Å². The van der Waals surface area contributed by atoms with Gasteiger partial charge >= 0.3 is 5.97 Å². The Morgan fingerprint density at radius 2 is 2.38 bits per heavy atom. The van der Waals surface area contributed by atoms with Crippen molar-refractivity contribution in [3.8, 4) is 0 Å². The maximum absolute atomic E-state index is 11.8. The third-order valence-corrected chi connectivity index (χ3v) is 4.38. The van der Waals surface area contributed by atoms with E-state index in [4.69, 9.17) is 10.5 Å². The normalized spacial score (nSPS) is 14.0. The maximum Gasteiger partial charge on any atom is 0.340 e. The standard InChI is InChI=1S/C15H17N3O2S/c1-20-15(19)12-7-14(17-8-13(12)16)18(10-4-5-10)9-11-3-2-6-21-11/h2-3,6-8,10H,4-5,9,16H2,1H3. The molecule has 2 heterocycles. The predicted molar refractivity (Wildman–Crippen MR) is 83.5 cm³/mol. The van der Waals surface area contributed by atoms with Gasteiger partial charge in [0.2, 0.25) is 0 Å². The highest BCUT2D eigenvalue weighted by Gasteiger charge is 2.31. The highest BCUT2D eigenvalue weighted by molar-refractivity contribution is 7.09. The van der Waals surface area contributed by atoms with E-state index in [2.05, 4.69) is 21.3 Å². The molecule has 2 N–H and O–H groups in total. The van der Waals surface area contributed by atoms with Crippen LogP contribution >= 0.6 is 11.3 Å². The summed E-state index contributed by atoms with van der Waals surface area (Å²) in [6.07, 6.45) is 3.85. The van der Waals surface area contributed by atoms with Crippen LogP contribution in [0.1, 0.15) is 28.1 Å². The van der Waals surface area contributed by atoms with Crippen molar-refractivity contribution in [3.63, 3.8) is 0 Å². The summed E-state index contributed by atoms with van der Waals surface area (Å²) < 4.78 is 4.77. The molecule has 0 bridgehead atoms. The minimum Gasteiger partial charge on any atom is -0.465 e. The second-order valence-electron chi connectivity index (χ2n) is 5.06. The van der Waals surface area contributed by atoms with Crippen molar-refractivity contribution in [2.45, 2.75) is 25.4 Å². The number of carbonyl (C=O) groups excluding carboxylic acids is 1. The molecule has 1 aliphatic rings. The molecule has 1 saturated carbocycles. The fraction of sp³-hybridized carbons (Fsp3) is 0.333. The lowest BCUT2D eigenvalue weighted by atomic mass is 10.2. The van der Waals surface area contributed by atoms with Crippen LogP contribution in [0.25, 0.3) is 0 Å². The molecule has 21 heavy (non-hydrogen) atoms. The molecule has 0 radical (unpaired) electrons. The molecule has 6 heteroatoms. The number of anilines is 2. The molecule has 0 spiro atoms. The Balaban J connectivity index is 1.90.